The second kappa shape index (κ2) is 8.45. The molecule has 144 valence electrons. The van der Waals surface area contributed by atoms with Crippen molar-refractivity contribution in [3.63, 3.8) is 0 Å². The van der Waals surface area contributed by atoms with Crippen molar-refractivity contribution in [1.82, 2.24) is 4.90 Å². The Morgan fingerprint density at radius 1 is 1.32 bits per heavy atom. The number of thioether (sulfide) groups is 1. The van der Waals surface area contributed by atoms with Crippen molar-refractivity contribution in [3.8, 4) is 11.5 Å². The molecule has 0 radical (unpaired) electrons. The zero-order valence-electron chi connectivity index (χ0n) is 15.3. The van der Waals surface area contributed by atoms with E-state index < -0.39 is 0 Å². The van der Waals surface area contributed by atoms with Gasteiger partial charge in [0.2, 0.25) is 5.91 Å². The van der Waals surface area contributed by atoms with E-state index in [0.29, 0.717) is 26.2 Å². The largest absolute Gasteiger partial charge is 0.504 e. The Kier molecular flexibility index (Phi) is 6.01. The van der Waals surface area contributed by atoms with Gasteiger partial charge in [-0.25, -0.2) is 0 Å². The van der Waals surface area contributed by atoms with Gasteiger partial charge in [0.1, 0.15) is 10.9 Å². The number of benzene rings is 2. The van der Waals surface area contributed by atoms with Crippen molar-refractivity contribution >= 4 is 51.9 Å². The molecule has 3 rings (SSSR count). The van der Waals surface area contributed by atoms with Crippen LogP contribution in [-0.2, 0) is 9.59 Å². The molecule has 2 aromatic rings. The summed E-state index contributed by atoms with van der Waals surface area (Å²) in [5.41, 5.74) is 2.31. The quantitative estimate of drug-likeness (QED) is 0.575. The smallest absolute Gasteiger partial charge is 0.266 e. The lowest BCUT2D eigenvalue weighted by atomic mass is 10.2. The number of ether oxygens (including phenoxy) is 1. The number of nitrogens with zero attached hydrogens (tertiary/aromatic N) is 1. The Morgan fingerprint density at radius 2 is 2.07 bits per heavy atom. The first-order valence-electron chi connectivity index (χ1n) is 8.37. The average molecular weight is 415 g/mol. The molecule has 0 saturated carbocycles. The molecule has 0 unspecified atom stereocenters. The van der Waals surface area contributed by atoms with E-state index in [0.717, 1.165) is 17.3 Å². The molecule has 1 aliphatic rings. The molecule has 28 heavy (non-hydrogen) atoms. The number of aromatic hydroxyl groups is 1. The first-order chi connectivity index (χ1) is 13.4. The number of rotatable bonds is 5. The van der Waals surface area contributed by atoms with E-state index in [1.54, 1.807) is 24.3 Å². The maximum Gasteiger partial charge on any atom is 0.266 e. The van der Waals surface area contributed by atoms with Gasteiger partial charge in [-0.3, -0.25) is 14.5 Å². The Labute approximate surface area is 172 Å². The van der Waals surface area contributed by atoms with Gasteiger partial charge in [-0.1, -0.05) is 48.2 Å². The van der Waals surface area contributed by atoms with Crippen molar-refractivity contribution in [2.45, 2.75) is 6.92 Å². The van der Waals surface area contributed by atoms with Crippen LogP contribution in [0, 0.1) is 6.92 Å². The fraction of sp³-hybridized carbons (Fsp3) is 0.150. The van der Waals surface area contributed by atoms with Crippen LogP contribution >= 0.6 is 24.0 Å². The van der Waals surface area contributed by atoms with E-state index in [2.05, 4.69) is 5.32 Å². The summed E-state index contributed by atoms with van der Waals surface area (Å²) in [6.45, 7) is 1.74. The standard InChI is InChI=1S/C20H18N2O4S2/c1-12-5-3-4-6-14(12)21-18(24)11-22-19(25)17(28-20(22)27)10-13-7-8-15(23)16(9-13)26-2/h3-10,23H,11H2,1-2H3,(H,21,24)/b17-10-. The fourth-order valence-electron chi connectivity index (χ4n) is 2.62. The van der Waals surface area contributed by atoms with Gasteiger partial charge < -0.3 is 15.2 Å². The predicted molar refractivity (Wildman–Crippen MR) is 114 cm³/mol. The third-order valence-electron chi connectivity index (χ3n) is 4.10. The summed E-state index contributed by atoms with van der Waals surface area (Å²) in [5.74, 6) is -0.331. The van der Waals surface area contributed by atoms with Crippen LogP contribution in [0.15, 0.2) is 47.4 Å². The maximum absolute atomic E-state index is 12.7. The van der Waals surface area contributed by atoms with Crippen molar-refractivity contribution < 1.29 is 19.4 Å². The summed E-state index contributed by atoms with van der Waals surface area (Å²) in [5, 5.41) is 12.5. The Bertz CT molecular complexity index is 988. The summed E-state index contributed by atoms with van der Waals surface area (Å²) >= 11 is 6.40. The molecular formula is C20H18N2O4S2. The van der Waals surface area contributed by atoms with E-state index in [1.807, 2.05) is 25.1 Å². The fourth-order valence-corrected chi connectivity index (χ4v) is 3.87. The lowest BCUT2D eigenvalue weighted by molar-refractivity contribution is -0.126. The number of para-hydroxylation sites is 1. The molecule has 1 aliphatic heterocycles. The van der Waals surface area contributed by atoms with Crippen molar-refractivity contribution in [2.75, 3.05) is 19.0 Å². The van der Waals surface area contributed by atoms with Crippen LogP contribution in [0.3, 0.4) is 0 Å². The summed E-state index contributed by atoms with van der Waals surface area (Å²) in [4.78, 5) is 26.7. The van der Waals surface area contributed by atoms with E-state index in [1.165, 1.54) is 18.1 Å². The molecule has 0 aromatic heterocycles. The van der Waals surface area contributed by atoms with Crippen LogP contribution in [0.25, 0.3) is 6.08 Å². The normalized spacial score (nSPS) is 15.2. The number of aryl methyl sites for hydroxylation is 1. The Hall–Kier alpha value is -2.84. The summed E-state index contributed by atoms with van der Waals surface area (Å²) in [6, 6.07) is 12.2. The first-order valence-corrected chi connectivity index (χ1v) is 9.59. The van der Waals surface area contributed by atoms with Gasteiger partial charge >= 0.3 is 0 Å². The van der Waals surface area contributed by atoms with Gasteiger partial charge in [0.05, 0.1) is 12.0 Å². The van der Waals surface area contributed by atoms with Crippen LogP contribution in [0.5, 0.6) is 11.5 Å². The number of hydrogen-bond acceptors (Lipinski definition) is 6. The first kappa shape index (κ1) is 19.9. The highest BCUT2D eigenvalue weighted by atomic mass is 32.2. The molecule has 8 heteroatoms. The number of amides is 2. The van der Waals surface area contributed by atoms with Crippen molar-refractivity contribution in [1.29, 1.82) is 0 Å². The predicted octanol–water partition coefficient (Wildman–Crippen LogP) is 3.55. The van der Waals surface area contributed by atoms with E-state index in [-0.39, 0.29) is 24.1 Å². The Morgan fingerprint density at radius 3 is 2.79 bits per heavy atom. The number of phenols is 1. The van der Waals surface area contributed by atoms with Crippen LogP contribution < -0.4 is 10.1 Å². The molecule has 1 fully saturated rings. The molecule has 1 saturated heterocycles. The van der Waals surface area contributed by atoms with Gasteiger partial charge in [0.25, 0.3) is 5.91 Å². The van der Waals surface area contributed by atoms with Gasteiger partial charge in [-0.15, -0.1) is 0 Å². The van der Waals surface area contributed by atoms with Gasteiger partial charge in [-0.05, 0) is 42.3 Å². The van der Waals surface area contributed by atoms with Crippen LogP contribution in [0.4, 0.5) is 5.69 Å². The van der Waals surface area contributed by atoms with E-state index in [4.69, 9.17) is 17.0 Å². The van der Waals surface area contributed by atoms with Gasteiger partial charge in [0, 0.05) is 5.69 Å². The SMILES string of the molecule is COc1cc(/C=C2\SC(=S)N(CC(=O)Nc3ccccc3C)C2=O)ccc1O. The zero-order chi connectivity index (χ0) is 20.3. The maximum atomic E-state index is 12.7. The van der Waals surface area contributed by atoms with Crippen LogP contribution in [0.2, 0.25) is 0 Å². The molecule has 2 aromatic carbocycles. The van der Waals surface area contributed by atoms with Gasteiger partial charge in [-0.2, -0.15) is 0 Å². The van der Waals surface area contributed by atoms with Crippen molar-refractivity contribution in [3.05, 3.63) is 58.5 Å². The number of nitrogens with one attached hydrogen (secondary N) is 1. The minimum absolute atomic E-state index is 0.0140. The number of hydrogen-bond donors (Lipinski definition) is 2. The molecule has 0 atom stereocenters. The molecule has 6 nitrogen and oxygen atoms in total. The number of carbonyl (C=O) groups excluding carboxylic acids is 2. The zero-order valence-corrected chi connectivity index (χ0v) is 16.9. The lowest BCUT2D eigenvalue weighted by Gasteiger charge is -2.15. The van der Waals surface area contributed by atoms with Crippen molar-refractivity contribution in [2.24, 2.45) is 0 Å². The second-order valence-corrected chi connectivity index (χ2v) is 7.74. The molecule has 2 amide bonds. The highest BCUT2D eigenvalue weighted by Crippen LogP contribution is 2.34. The van der Waals surface area contributed by atoms with Crippen LogP contribution in [-0.4, -0.2) is 39.8 Å². The molecule has 0 spiro atoms. The lowest BCUT2D eigenvalue weighted by Crippen LogP contribution is -2.36. The highest BCUT2D eigenvalue weighted by Gasteiger charge is 2.33. The van der Waals surface area contributed by atoms with E-state index >= 15 is 0 Å². The highest BCUT2D eigenvalue weighted by molar-refractivity contribution is 8.26. The third kappa shape index (κ3) is 4.35. The monoisotopic (exact) mass is 414 g/mol. The summed E-state index contributed by atoms with van der Waals surface area (Å²) in [6.07, 6.45) is 1.65. The van der Waals surface area contributed by atoms with Crippen LogP contribution in [0.1, 0.15) is 11.1 Å². The molecule has 2 N–H and O–H groups in total. The molecule has 1 heterocycles. The summed E-state index contributed by atoms with van der Waals surface area (Å²) in [7, 11) is 1.45. The third-order valence-corrected chi connectivity index (χ3v) is 5.47. The minimum Gasteiger partial charge on any atom is -0.504 e. The topological polar surface area (TPSA) is 78.9 Å². The molecule has 0 bridgehead atoms. The minimum atomic E-state index is -0.332. The number of carbonyl (C=O) groups is 2. The number of thiocarbonyl (C=S) groups is 1. The molecular weight excluding hydrogens is 396 g/mol. The number of phenolic OH excluding ortho intramolecular Hbond substituents is 1. The number of anilines is 1. The average Bonchev–Trinajstić information content (AvgIpc) is 2.92. The molecule has 0 aliphatic carbocycles. The number of methoxy groups -OCH3 is 1. The van der Waals surface area contributed by atoms with E-state index in [9.17, 15) is 14.7 Å². The van der Waals surface area contributed by atoms with Gasteiger partial charge in [0.15, 0.2) is 11.5 Å². The Balaban J connectivity index is 1.73. The summed E-state index contributed by atoms with van der Waals surface area (Å²) < 4.78 is 5.40. The second-order valence-electron chi connectivity index (χ2n) is 6.06.